The Balaban J connectivity index is 1.74. The summed E-state index contributed by atoms with van der Waals surface area (Å²) in [6.45, 7) is 1.66. The third-order valence-electron chi connectivity index (χ3n) is 3.36. The molecule has 1 fully saturated rings. The fourth-order valence-electron chi connectivity index (χ4n) is 2.32. The number of hydrogen-bond donors (Lipinski definition) is 2. The zero-order valence-electron chi connectivity index (χ0n) is 11.2. The van der Waals surface area contributed by atoms with E-state index in [1.165, 1.54) is 4.90 Å². The number of piperidine rings is 1. The van der Waals surface area contributed by atoms with Gasteiger partial charge >= 0.3 is 12.0 Å². The monoisotopic (exact) mass is 281 g/mol. The molecule has 1 aromatic heterocycles. The maximum atomic E-state index is 12.0. The minimum absolute atomic E-state index is 0.296. The summed E-state index contributed by atoms with van der Waals surface area (Å²) in [4.78, 5) is 24.5. The normalized spacial score (nSPS) is 18.8. The van der Waals surface area contributed by atoms with Crippen molar-refractivity contribution in [3.8, 4) is 0 Å². The number of carbonyl (C=O) groups is 2. The number of aryl methyl sites for hydroxylation is 1. The second-order valence-electron chi connectivity index (χ2n) is 4.79. The summed E-state index contributed by atoms with van der Waals surface area (Å²) in [5, 5.41) is 19.4. The number of nitrogens with zero attached hydrogens (tertiary/aromatic N) is 4. The van der Waals surface area contributed by atoms with E-state index < -0.39 is 12.0 Å². The molecule has 1 aliphatic rings. The molecule has 1 saturated heterocycles. The largest absolute Gasteiger partial charge is 0.480 e. The molecule has 110 valence electrons. The molecule has 2 N–H and O–H groups in total. The van der Waals surface area contributed by atoms with Crippen LogP contribution in [0, 0.1) is 0 Å². The van der Waals surface area contributed by atoms with Gasteiger partial charge in [-0.2, -0.15) is 0 Å². The van der Waals surface area contributed by atoms with E-state index in [9.17, 15) is 9.59 Å². The lowest BCUT2D eigenvalue weighted by atomic mass is 10.0. The molecular weight excluding hydrogens is 262 g/mol. The van der Waals surface area contributed by atoms with Crippen molar-refractivity contribution in [2.45, 2.75) is 38.3 Å². The van der Waals surface area contributed by atoms with Gasteiger partial charge in [-0.05, 0) is 25.7 Å². The first-order valence-corrected chi connectivity index (χ1v) is 6.80. The van der Waals surface area contributed by atoms with Gasteiger partial charge in [-0.3, -0.25) is 4.68 Å². The Hall–Kier alpha value is -2.12. The van der Waals surface area contributed by atoms with Crippen molar-refractivity contribution in [2.75, 3.05) is 13.1 Å². The van der Waals surface area contributed by atoms with E-state index in [4.69, 9.17) is 5.11 Å². The van der Waals surface area contributed by atoms with Gasteiger partial charge < -0.3 is 15.3 Å². The predicted octanol–water partition coefficient (Wildman–Crippen LogP) is 0.317. The van der Waals surface area contributed by atoms with Crippen LogP contribution in [0.5, 0.6) is 0 Å². The van der Waals surface area contributed by atoms with E-state index in [1.807, 2.05) is 0 Å². The quantitative estimate of drug-likeness (QED) is 0.757. The average Bonchev–Trinajstić information content (AvgIpc) is 2.96. The van der Waals surface area contributed by atoms with Crippen molar-refractivity contribution < 1.29 is 14.7 Å². The molecule has 2 heterocycles. The topological polar surface area (TPSA) is 100 Å². The van der Waals surface area contributed by atoms with E-state index in [0.29, 0.717) is 26.1 Å². The Morgan fingerprint density at radius 2 is 2.25 bits per heavy atom. The molecule has 8 nitrogen and oxygen atoms in total. The molecule has 2 amide bonds. The lowest BCUT2D eigenvalue weighted by Gasteiger charge is -2.32. The van der Waals surface area contributed by atoms with Gasteiger partial charge in [0.25, 0.3) is 0 Å². The van der Waals surface area contributed by atoms with Crippen LogP contribution in [0.1, 0.15) is 25.7 Å². The zero-order valence-corrected chi connectivity index (χ0v) is 11.2. The first-order chi connectivity index (χ1) is 9.68. The Kier molecular flexibility index (Phi) is 4.91. The number of rotatable bonds is 5. The van der Waals surface area contributed by atoms with E-state index >= 15 is 0 Å². The van der Waals surface area contributed by atoms with Crippen molar-refractivity contribution in [3.05, 3.63) is 12.4 Å². The predicted molar refractivity (Wildman–Crippen MR) is 70.0 cm³/mol. The Bertz CT molecular complexity index is 448. The highest BCUT2D eigenvalue weighted by molar-refractivity contribution is 5.82. The number of carboxylic acids is 1. The van der Waals surface area contributed by atoms with Crippen LogP contribution in [0.25, 0.3) is 0 Å². The molecule has 1 atom stereocenters. The SMILES string of the molecule is O=C(O)C1CCCCN1C(=O)NCCCn1ccnn1. The average molecular weight is 281 g/mol. The van der Waals surface area contributed by atoms with Gasteiger partial charge in [-0.1, -0.05) is 5.21 Å². The van der Waals surface area contributed by atoms with Crippen LogP contribution >= 0.6 is 0 Å². The third-order valence-corrected chi connectivity index (χ3v) is 3.36. The number of nitrogens with one attached hydrogen (secondary N) is 1. The van der Waals surface area contributed by atoms with Gasteiger partial charge in [0, 0.05) is 25.8 Å². The number of urea groups is 1. The molecule has 0 aromatic carbocycles. The van der Waals surface area contributed by atoms with Crippen LogP contribution in [0.2, 0.25) is 0 Å². The summed E-state index contributed by atoms with van der Waals surface area (Å²) in [5.41, 5.74) is 0. The van der Waals surface area contributed by atoms with E-state index in [-0.39, 0.29) is 6.03 Å². The van der Waals surface area contributed by atoms with E-state index in [0.717, 1.165) is 19.3 Å². The summed E-state index contributed by atoms with van der Waals surface area (Å²) < 4.78 is 1.69. The van der Waals surface area contributed by atoms with Crippen molar-refractivity contribution in [2.24, 2.45) is 0 Å². The van der Waals surface area contributed by atoms with Crippen LogP contribution in [-0.2, 0) is 11.3 Å². The number of aromatic nitrogens is 3. The standard InChI is InChI=1S/C12H19N5O3/c18-11(19)10-4-1-2-8-17(10)12(20)13-5-3-7-16-9-6-14-15-16/h6,9-10H,1-5,7-8H2,(H,13,20)(H,18,19). The first-order valence-electron chi connectivity index (χ1n) is 6.80. The molecule has 1 aromatic rings. The van der Waals surface area contributed by atoms with E-state index in [1.54, 1.807) is 17.1 Å². The lowest BCUT2D eigenvalue weighted by molar-refractivity contribution is -0.143. The molecule has 0 bridgehead atoms. The highest BCUT2D eigenvalue weighted by Crippen LogP contribution is 2.17. The fraction of sp³-hybridized carbons (Fsp3) is 0.667. The highest BCUT2D eigenvalue weighted by atomic mass is 16.4. The van der Waals surface area contributed by atoms with Crippen molar-refractivity contribution in [1.29, 1.82) is 0 Å². The molecule has 8 heteroatoms. The summed E-state index contributed by atoms with van der Waals surface area (Å²) in [7, 11) is 0. The Morgan fingerprint density at radius 3 is 2.95 bits per heavy atom. The van der Waals surface area contributed by atoms with Gasteiger partial charge in [0.15, 0.2) is 0 Å². The van der Waals surface area contributed by atoms with Gasteiger partial charge in [-0.25, -0.2) is 9.59 Å². The number of carbonyl (C=O) groups excluding carboxylic acids is 1. The second-order valence-corrected chi connectivity index (χ2v) is 4.79. The first kappa shape index (κ1) is 14.3. The van der Waals surface area contributed by atoms with Crippen LogP contribution in [0.4, 0.5) is 4.79 Å². The minimum Gasteiger partial charge on any atom is -0.480 e. The van der Waals surface area contributed by atoms with Crippen molar-refractivity contribution in [3.63, 3.8) is 0 Å². The highest BCUT2D eigenvalue weighted by Gasteiger charge is 2.31. The Labute approximate surface area is 116 Å². The maximum absolute atomic E-state index is 12.0. The number of amides is 2. The Morgan fingerprint density at radius 1 is 1.40 bits per heavy atom. The van der Waals surface area contributed by atoms with Crippen molar-refractivity contribution in [1.82, 2.24) is 25.2 Å². The molecule has 0 spiro atoms. The summed E-state index contributed by atoms with van der Waals surface area (Å²) in [6.07, 6.45) is 6.32. The molecule has 0 radical (unpaired) electrons. The third kappa shape index (κ3) is 3.69. The van der Waals surface area contributed by atoms with Gasteiger partial charge in [0.05, 0.1) is 6.20 Å². The second kappa shape index (κ2) is 6.88. The molecule has 20 heavy (non-hydrogen) atoms. The van der Waals surface area contributed by atoms with E-state index in [2.05, 4.69) is 15.6 Å². The van der Waals surface area contributed by atoms with Crippen LogP contribution in [0.3, 0.4) is 0 Å². The van der Waals surface area contributed by atoms with Crippen molar-refractivity contribution >= 4 is 12.0 Å². The number of aliphatic carboxylic acids is 1. The zero-order chi connectivity index (χ0) is 14.4. The smallest absolute Gasteiger partial charge is 0.326 e. The molecule has 1 unspecified atom stereocenters. The molecule has 1 aliphatic heterocycles. The summed E-state index contributed by atoms with van der Waals surface area (Å²) >= 11 is 0. The molecular formula is C12H19N5O3. The van der Waals surface area contributed by atoms with Crippen LogP contribution in [0.15, 0.2) is 12.4 Å². The molecule has 0 aliphatic carbocycles. The van der Waals surface area contributed by atoms with Crippen LogP contribution in [-0.4, -0.2) is 56.1 Å². The molecule has 0 saturated carbocycles. The number of hydrogen-bond acceptors (Lipinski definition) is 4. The summed E-state index contributed by atoms with van der Waals surface area (Å²) in [5.74, 6) is -0.928. The number of carboxylic acid groups (broad SMARTS) is 1. The number of likely N-dealkylation sites (tertiary alicyclic amines) is 1. The van der Waals surface area contributed by atoms with Gasteiger partial charge in [-0.15, -0.1) is 5.10 Å². The molecule has 2 rings (SSSR count). The summed E-state index contributed by atoms with van der Waals surface area (Å²) in [6, 6.07) is -0.991. The lowest BCUT2D eigenvalue weighted by Crippen LogP contribution is -2.52. The fourth-order valence-corrected chi connectivity index (χ4v) is 2.32. The maximum Gasteiger partial charge on any atom is 0.326 e. The van der Waals surface area contributed by atoms with Crippen LogP contribution < -0.4 is 5.32 Å². The van der Waals surface area contributed by atoms with Gasteiger partial charge in [0.1, 0.15) is 6.04 Å². The van der Waals surface area contributed by atoms with Gasteiger partial charge in [0.2, 0.25) is 0 Å². The minimum atomic E-state index is -0.928.